The summed E-state index contributed by atoms with van der Waals surface area (Å²) in [6.07, 6.45) is 5.21. The van der Waals surface area contributed by atoms with E-state index < -0.39 is 11.6 Å². The molecule has 4 atom stereocenters. The fraction of sp³-hybridized carbons (Fsp3) is 0.724. The smallest absolute Gasteiger partial charge is 0.219 e. The van der Waals surface area contributed by atoms with Gasteiger partial charge in [-0.2, -0.15) is 4.98 Å². The van der Waals surface area contributed by atoms with E-state index in [1.807, 2.05) is 24.9 Å². The highest BCUT2D eigenvalue weighted by Gasteiger charge is 2.49. The molecule has 0 aromatic carbocycles. The Balaban J connectivity index is 1.25. The lowest BCUT2D eigenvalue weighted by molar-refractivity contribution is -0.128. The van der Waals surface area contributed by atoms with Crippen molar-refractivity contribution in [2.45, 2.75) is 87.6 Å². The topological polar surface area (TPSA) is 106 Å². The molecule has 0 radical (unpaired) electrons. The third-order valence-electron chi connectivity index (χ3n) is 9.80. The van der Waals surface area contributed by atoms with Crippen LogP contribution in [0.3, 0.4) is 0 Å². The number of ether oxygens (including phenoxy) is 2. The standard InChI is InChI=1S/C29H39FN6O4/c1-18(21-12-19(30)14-35(21)2)39-24-13-23(36-11-10-31-28(15-36)16-38-17-28)32-27(33-24)25-20-6-5-9-29(26(20)40-34-25)8-4-3-7-22(29)37/h13,18-19,21,31H,3-12,14-17H2,1-2H3/t18-,19+,21-,29+/m0/s1. The van der Waals surface area contributed by atoms with Gasteiger partial charge in [-0.1, -0.05) is 11.6 Å². The average Bonchev–Trinajstić information content (AvgIpc) is 3.53. The number of Topliss-reactive ketones (excluding diaryl/α,β-unsaturated/α-hetero) is 1. The van der Waals surface area contributed by atoms with Crippen molar-refractivity contribution in [2.24, 2.45) is 0 Å². The summed E-state index contributed by atoms with van der Waals surface area (Å²) in [6, 6.07) is 1.85. The SMILES string of the molecule is C[C@H](Oc1cc(N2CCNC3(COC3)C2)nc(-c2noc3c2CCC[C@@]32CCCCC2=O)n1)[C@@H]1C[C@@H](F)CN1C. The molecule has 0 bridgehead atoms. The van der Waals surface area contributed by atoms with Gasteiger partial charge in [-0.3, -0.25) is 9.69 Å². The van der Waals surface area contributed by atoms with Crippen molar-refractivity contribution >= 4 is 11.6 Å². The largest absolute Gasteiger partial charge is 0.473 e. The Morgan fingerprint density at radius 2 is 2.05 bits per heavy atom. The number of likely N-dealkylation sites (tertiary alicyclic amines) is 1. The number of ketones is 1. The Bertz CT molecular complexity index is 1280. The molecular weight excluding hydrogens is 515 g/mol. The summed E-state index contributed by atoms with van der Waals surface area (Å²) < 4.78 is 32.1. The molecule has 3 saturated heterocycles. The maximum absolute atomic E-state index is 14.1. The molecule has 2 spiro atoms. The summed E-state index contributed by atoms with van der Waals surface area (Å²) in [7, 11) is 1.94. The summed E-state index contributed by atoms with van der Waals surface area (Å²) >= 11 is 0. The molecule has 2 aromatic heterocycles. The van der Waals surface area contributed by atoms with Crippen LogP contribution in [0.15, 0.2) is 10.6 Å². The van der Waals surface area contributed by atoms with E-state index in [9.17, 15) is 9.18 Å². The second kappa shape index (κ2) is 10.0. The molecule has 4 fully saturated rings. The van der Waals surface area contributed by atoms with Gasteiger partial charge >= 0.3 is 0 Å². The molecular formula is C29H39FN6O4. The van der Waals surface area contributed by atoms with E-state index in [-0.39, 0.29) is 23.5 Å². The number of nitrogens with one attached hydrogen (secondary N) is 1. The lowest BCUT2D eigenvalue weighted by Crippen LogP contribution is -2.70. The van der Waals surface area contributed by atoms with Gasteiger partial charge in [0.1, 0.15) is 23.9 Å². The molecule has 3 aliphatic heterocycles. The van der Waals surface area contributed by atoms with Crippen molar-refractivity contribution in [1.82, 2.24) is 25.3 Å². The van der Waals surface area contributed by atoms with Crippen molar-refractivity contribution in [3.8, 4) is 17.4 Å². The Labute approximate surface area is 234 Å². The summed E-state index contributed by atoms with van der Waals surface area (Å²) in [4.78, 5) is 27.3. The van der Waals surface area contributed by atoms with Crippen LogP contribution in [0.4, 0.5) is 10.2 Å². The molecule has 40 heavy (non-hydrogen) atoms. The minimum absolute atomic E-state index is 0.0385. The van der Waals surface area contributed by atoms with E-state index in [0.29, 0.717) is 50.0 Å². The Kier molecular flexibility index (Phi) is 6.59. The van der Waals surface area contributed by atoms with E-state index in [1.54, 1.807) is 0 Å². The number of hydrogen-bond acceptors (Lipinski definition) is 10. The molecule has 5 heterocycles. The molecule has 0 unspecified atom stereocenters. The molecule has 0 amide bonds. The summed E-state index contributed by atoms with van der Waals surface area (Å²) in [5, 5.41) is 8.10. The van der Waals surface area contributed by atoms with Gasteiger partial charge in [-0.25, -0.2) is 9.37 Å². The fourth-order valence-corrected chi connectivity index (χ4v) is 7.59. The molecule has 2 aliphatic carbocycles. The van der Waals surface area contributed by atoms with E-state index in [4.69, 9.17) is 24.0 Å². The van der Waals surface area contributed by atoms with E-state index >= 15 is 0 Å². The number of hydrogen-bond donors (Lipinski definition) is 1. The number of carbonyl (C=O) groups is 1. The van der Waals surface area contributed by atoms with E-state index in [0.717, 1.165) is 75.3 Å². The van der Waals surface area contributed by atoms with Gasteiger partial charge in [-0.05, 0) is 52.5 Å². The molecule has 1 N–H and O–H groups in total. The minimum atomic E-state index is -0.851. The number of piperazine rings is 1. The molecule has 11 heteroatoms. The number of anilines is 1. The second-order valence-corrected chi connectivity index (χ2v) is 12.6. The quantitative estimate of drug-likeness (QED) is 0.593. The molecule has 7 rings (SSSR count). The summed E-state index contributed by atoms with van der Waals surface area (Å²) in [5.41, 5.74) is 0.928. The average molecular weight is 555 g/mol. The molecule has 5 aliphatic rings. The number of aromatic nitrogens is 3. The Morgan fingerprint density at radius 1 is 1.20 bits per heavy atom. The van der Waals surface area contributed by atoms with Crippen molar-refractivity contribution < 1.29 is 23.2 Å². The highest BCUT2D eigenvalue weighted by molar-refractivity contribution is 5.91. The molecule has 1 saturated carbocycles. The zero-order valence-corrected chi connectivity index (χ0v) is 23.5. The van der Waals surface area contributed by atoms with Crippen molar-refractivity contribution in [2.75, 3.05) is 51.3 Å². The maximum Gasteiger partial charge on any atom is 0.219 e. The fourth-order valence-electron chi connectivity index (χ4n) is 7.59. The van der Waals surface area contributed by atoms with Crippen LogP contribution in [0.25, 0.3) is 11.5 Å². The molecule has 10 nitrogen and oxygen atoms in total. The first-order valence-corrected chi connectivity index (χ1v) is 14.9. The maximum atomic E-state index is 14.1. The number of halogens is 1. The Morgan fingerprint density at radius 3 is 2.80 bits per heavy atom. The number of fused-ring (bicyclic) bond motifs is 2. The van der Waals surface area contributed by atoms with Gasteiger partial charge in [-0.15, -0.1) is 0 Å². The first-order valence-electron chi connectivity index (χ1n) is 14.9. The van der Waals surface area contributed by atoms with Crippen LogP contribution in [0.1, 0.15) is 63.2 Å². The van der Waals surface area contributed by atoms with Crippen LogP contribution in [0, 0.1) is 0 Å². The highest BCUT2D eigenvalue weighted by atomic mass is 19.1. The lowest BCUT2D eigenvalue weighted by Gasteiger charge is -2.49. The Hall–Kier alpha value is -2.63. The van der Waals surface area contributed by atoms with Crippen LogP contribution in [-0.2, 0) is 21.4 Å². The number of alkyl halides is 1. The number of likely N-dealkylation sites (N-methyl/N-ethyl adjacent to an activating group) is 1. The van der Waals surface area contributed by atoms with Gasteiger partial charge in [0, 0.05) is 50.3 Å². The predicted molar refractivity (Wildman–Crippen MR) is 145 cm³/mol. The molecule has 2 aromatic rings. The zero-order chi connectivity index (χ0) is 27.5. The van der Waals surface area contributed by atoms with E-state index in [2.05, 4.69) is 15.4 Å². The third kappa shape index (κ3) is 4.41. The van der Waals surface area contributed by atoms with Gasteiger partial charge in [0.25, 0.3) is 0 Å². The summed E-state index contributed by atoms with van der Waals surface area (Å²) in [5.74, 6) is 2.65. The monoisotopic (exact) mass is 554 g/mol. The van der Waals surface area contributed by atoms with Crippen molar-refractivity contribution in [1.29, 1.82) is 0 Å². The number of carbonyl (C=O) groups excluding carboxylic acids is 1. The predicted octanol–water partition coefficient (Wildman–Crippen LogP) is 2.84. The zero-order valence-electron chi connectivity index (χ0n) is 23.5. The van der Waals surface area contributed by atoms with Crippen LogP contribution in [0.5, 0.6) is 5.88 Å². The van der Waals surface area contributed by atoms with Gasteiger partial charge in [0.2, 0.25) is 5.88 Å². The normalized spacial score (nSPS) is 30.9. The third-order valence-corrected chi connectivity index (χ3v) is 9.80. The van der Waals surface area contributed by atoms with Gasteiger partial charge < -0.3 is 24.2 Å². The van der Waals surface area contributed by atoms with E-state index in [1.165, 1.54) is 0 Å². The van der Waals surface area contributed by atoms with Gasteiger partial charge in [0.05, 0.1) is 24.2 Å². The van der Waals surface area contributed by atoms with Crippen LogP contribution in [0.2, 0.25) is 0 Å². The minimum Gasteiger partial charge on any atom is -0.473 e. The van der Waals surface area contributed by atoms with Gasteiger partial charge in [0.15, 0.2) is 17.3 Å². The van der Waals surface area contributed by atoms with Crippen molar-refractivity contribution in [3.63, 3.8) is 0 Å². The lowest BCUT2D eigenvalue weighted by atomic mass is 9.64. The molecule has 216 valence electrons. The summed E-state index contributed by atoms with van der Waals surface area (Å²) in [6.45, 7) is 6.11. The van der Waals surface area contributed by atoms with Crippen LogP contribution in [-0.4, -0.2) is 96.1 Å². The van der Waals surface area contributed by atoms with Crippen LogP contribution >= 0.6 is 0 Å². The number of rotatable bonds is 5. The van der Waals surface area contributed by atoms with Crippen molar-refractivity contribution in [3.05, 3.63) is 17.4 Å². The highest BCUT2D eigenvalue weighted by Crippen LogP contribution is 2.47. The number of nitrogens with zero attached hydrogens (tertiary/aromatic N) is 5. The van der Waals surface area contributed by atoms with Crippen LogP contribution < -0.4 is 15.0 Å². The second-order valence-electron chi connectivity index (χ2n) is 12.6. The first-order chi connectivity index (χ1) is 19.4. The first kappa shape index (κ1) is 26.3.